The lowest BCUT2D eigenvalue weighted by Crippen LogP contribution is -2.12. The zero-order valence-electron chi connectivity index (χ0n) is 13.8. The summed E-state index contributed by atoms with van der Waals surface area (Å²) < 4.78 is 5.68. The monoisotopic (exact) mass is 334 g/mol. The highest BCUT2D eigenvalue weighted by atomic mass is 32.1. The molecule has 6 heteroatoms. The lowest BCUT2D eigenvalue weighted by molar-refractivity contribution is 0.0701. The molecule has 0 aliphatic rings. The third-order valence-electron chi connectivity index (χ3n) is 3.36. The molecule has 0 bridgehead atoms. The lowest BCUT2D eigenvalue weighted by Gasteiger charge is -2.19. The number of carboxylic acid groups (broad SMARTS) is 1. The summed E-state index contributed by atoms with van der Waals surface area (Å²) in [6.45, 7) is 9.26. The van der Waals surface area contributed by atoms with E-state index in [1.807, 2.05) is 12.1 Å². The Morgan fingerprint density at radius 1 is 1.30 bits per heavy atom. The van der Waals surface area contributed by atoms with E-state index in [9.17, 15) is 4.79 Å². The van der Waals surface area contributed by atoms with Crippen molar-refractivity contribution in [2.75, 3.05) is 18.5 Å². The maximum atomic E-state index is 11.0. The first-order valence-electron chi connectivity index (χ1n) is 7.45. The molecule has 23 heavy (non-hydrogen) atoms. The number of nitrogens with one attached hydrogen (secondary N) is 1. The van der Waals surface area contributed by atoms with E-state index in [1.54, 1.807) is 6.92 Å². The Hall–Kier alpha value is -2.08. The van der Waals surface area contributed by atoms with Gasteiger partial charge < -0.3 is 15.2 Å². The van der Waals surface area contributed by atoms with Gasteiger partial charge in [-0.25, -0.2) is 9.78 Å². The quantitative estimate of drug-likeness (QED) is 0.783. The predicted molar refractivity (Wildman–Crippen MR) is 92.9 cm³/mol. The van der Waals surface area contributed by atoms with Gasteiger partial charge in [0.2, 0.25) is 0 Å². The van der Waals surface area contributed by atoms with Crippen molar-refractivity contribution in [3.05, 3.63) is 40.4 Å². The minimum absolute atomic E-state index is 0.130. The Kier molecular flexibility index (Phi) is 5.26. The van der Waals surface area contributed by atoms with Crippen LogP contribution in [0.5, 0.6) is 5.75 Å². The highest BCUT2D eigenvalue weighted by Gasteiger charge is 2.14. The Morgan fingerprint density at radius 3 is 2.48 bits per heavy atom. The van der Waals surface area contributed by atoms with Gasteiger partial charge in [0.05, 0.1) is 12.2 Å². The van der Waals surface area contributed by atoms with E-state index in [0.717, 1.165) is 17.1 Å². The van der Waals surface area contributed by atoms with Crippen molar-refractivity contribution in [3.63, 3.8) is 0 Å². The molecule has 0 aliphatic carbocycles. The number of nitrogens with zero attached hydrogens (tertiary/aromatic N) is 1. The summed E-state index contributed by atoms with van der Waals surface area (Å²) in [6.07, 6.45) is 0. The fourth-order valence-electron chi connectivity index (χ4n) is 2.05. The molecular weight excluding hydrogens is 312 g/mol. The van der Waals surface area contributed by atoms with Gasteiger partial charge in [-0.05, 0) is 30.0 Å². The molecule has 2 aromatic rings. The molecule has 5 nitrogen and oxygen atoms in total. The maximum Gasteiger partial charge on any atom is 0.347 e. The zero-order valence-corrected chi connectivity index (χ0v) is 14.7. The van der Waals surface area contributed by atoms with Crippen molar-refractivity contribution < 1.29 is 14.6 Å². The van der Waals surface area contributed by atoms with E-state index >= 15 is 0 Å². The van der Waals surface area contributed by atoms with Crippen LogP contribution < -0.4 is 10.1 Å². The first-order valence-corrected chi connectivity index (χ1v) is 8.27. The first-order chi connectivity index (χ1) is 10.8. The number of thiazole rings is 1. The average Bonchev–Trinajstić information content (AvgIpc) is 2.84. The summed E-state index contributed by atoms with van der Waals surface area (Å²) in [6, 6.07) is 8.09. The number of anilines is 1. The molecule has 2 rings (SSSR count). The Balaban J connectivity index is 1.81. The number of aromatic nitrogens is 1. The number of benzene rings is 1. The molecule has 0 saturated heterocycles. The van der Waals surface area contributed by atoms with E-state index in [4.69, 9.17) is 9.84 Å². The fourth-order valence-corrected chi connectivity index (χ4v) is 2.88. The van der Waals surface area contributed by atoms with E-state index in [-0.39, 0.29) is 10.3 Å². The van der Waals surface area contributed by atoms with Gasteiger partial charge >= 0.3 is 5.97 Å². The molecule has 0 unspecified atom stereocenters. The molecule has 0 saturated carbocycles. The van der Waals surface area contributed by atoms with Crippen LogP contribution in [-0.4, -0.2) is 29.2 Å². The molecule has 1 aromatic carbocycles. The van der Waals surface area contributed by atoms with Gasteiger partial charge in [-0.1, -0.05) is 44.2 Å². The van der Waals surface area contributed by atoms with Crippen LogP contribution >= 0.6 is 11.3 Å². The van der Waals surface area contributed by atoms with Crippen LogP contribution in [-0.2, 0) is 5.41 Å². The smallest absolute Gasteiger partial charge is 0.347 e. The summed E-state index contributed by atoms with van der Waals surface area (Å²) in [5, 5.41) is 12.7. The van der Waals surface area contributed by atoms with Gasteiger partial charge in [-0.2, -0.15) is 0 Å². The van der Waals surface area contributed by atoms with Gasteiger partial charge in [0, 0.05) is 0 Å². The Morgan fingerprint density at radius 2 is 1.96 bits per heavy atom. The lowest BCUT2D eigenvalue weighted by atomic mass is 9.87. The molecule has 1 heterocycles. The number of carbonyl (C=O) groups is 1. The van der Waals surface area contributed by atoms with Gasteiger partial charge in [0.1, 0.15) is 17.2 Å². The maximum absolute atomic E-state index is 11.0. The van der Waals surface area contributed by atoms with E-state index in [2.05, 4.69) is 43.2 Å². The normalized spacial score (nSPS) is 11.3. The van der Waals surface area contributed by atoms with Crippen molar-refractivity contribution in [1.82, 2.24) is 4.98 Å². The minimum Gasteiger partial charge on any atom is -0.492 e. The summed E-state index contributed by atoms with van der Waals surface area (Å²) >= 11 is 1.14. The molecule has 0 fully saturated rings. The van der Waals surface area contributed by atoms with Crippen molar-refractivity contribution in [3.8, 4) is 5.75 Å². The van der Waals surface area contributed by atoms with E-state index in [0.29, 0.717) is 24.0 Å². The standard InChI is InChI=1S/C17H22N2O3S/c1-11-14(15(20)21)23-16(19-11)18-9-10-22-13-7-5-12(6-8-13)17(2,3)4/h5-8H,9-10H2,1-4H3,(H,18,19)(H,20,21). The topological polar surface area (TPSA) is 71.5 Å². The second-order valence-electron chi connectivity index (χ2n) is 6.29. The second-order valence-corrected chi connectivity index (χ2v) is 7.29. The van der Waals surface area contributed by atoms with Gasteiger partial charge in [-0.15, -0.1) is 0 Å². The molecule has 0 aliphatic heterocycles. The molecular formula is C17H22N2O3S. The number of aromatic carboxylic acids is 1. The van der Waals surface area contributed by atoms with Crippen LogP contribution in [0, 0.1) is 6.92 Å². The molecule has 0 spiro atoms. The Labute approximate surface area is 140 Å². The van der Waals surface area contributed by atoms with Gasteiger partial charge in [0.15, 0.2) is 5.13 Å². The fraction of sp³-hybridized carbons (Fsp3) is 0.412. The highest BCUT2D eigenvalue weighted by Crippen LogP contribution is 2.24. The molecule has 0 radical (unpaired) electrons. The minimum atomic E-state index is -0.941. The van der Waals surface area contributed by atoms with Gasteiger partial charge in [-0.3, -0.25) is 0 Å². The average molecular weight is 334 g/mol. The SMILES string of the molecule is Cc1nc(NCCOc2ccc(C(C)(C)C)cc2)sc1C(=O)O. The number of hydrogen-bond acceptors (Lipinski definition) is 5. The third kappa shape index (κ3) is 4.69. The van der Waals surface area contributed by atoms with Crippen LogP contribution in [0.15, 0.2) is 24.3 Å². The van der Waals surface area contributed by atoms with Crippen LogP contribution in [0.2, 0.25) is 0 Å². The molecule has 1 aromatic heterocycles. The van der Waals surface area contributed by atoms with Gasteiger partial charge in [0.25, 0.3) is 0 Å². The number of ether oxygens (including phenoxy) is 1. The molecule has 0 amide bonds. The third-order valence-corrected chi connectivity index (χ3v) is 4.46. The molecule has 124 valence electrons. The summed E-state index contributed by atoms with van der Waals surface area (Å²) in [5.41, 5.74) is 1.93. The predicted octanol–water partition coefficient (Wildman–Crippen LogP) is 3.94. The van der Waals surface area contributed by atoms with Crippen molar-refractivity contribution >= 4 is 22.4 Å². The van der Waals surface area contributed by atoms with Crippen LogP contribution in [0.25, 0.3) is 0 Å². The summed E-state index contributed by atoms with van der Waals surface area (Å²) in [7, 11) is 0. The van der Waals surface area contributed by atoms with Crippen LogP contribution in [0.3, 0.4) is 0 Å². The van der Waals surface area contributed by atoms with Crippen molar-refractivity contribution in [1.29, 1.82) is 0 Å². The molecule has 0 atom stereocenters. The highest BCUT2D eigenvalue weighted by molar-refractivity contribution is 7.17. The van der Waals surface area contributed by atoms with E-state index in [1.165, 1.54) is 5.56 Å². The number of rotatable bonds is 6. The number of carboxylic acids is 1. The molecule has 2 N–H and O–H groups in total. The Bertz CT molecular complexity index is 672. The summed E-state index contributed by atoms with van der Waals surface area (Å²) in [5.74, 6) is -0.121. The second kappa shape index (κ2) is 7.00. The largest absolute Gasteiger partial charge is 0.492 e. The first kappa shape index (κ1) is 17.3. The summed E-state index contributed by atoms with van der Waals surface area (Å²) in [4.78, 5) is 15.4. The van der Waals surface area contributed by atoms with Crippen LogP contribution in [0.1, 0.15) is 41.7 Å². The van der Waals surface area contributed by atoms with Crippen LogP contribution in [0.4, 0.5) is 5.13 Å². The van der Waals surface area contributed by atoms with E-state index < -0.39 is 5.97 Å². The zero-order chi connectivity index (χ0) is 17.0. The number of hydrogen-bond donors (Lipinski definition) is 2. The van der Waals surface area contributed by atoms with Crippen molar-refractivity contribution in [2.24, 2.45) is 0 Å². The van der Waals surface area contributed by atoms with Crippen molar-refractivity contribution in [2.45, 2.75) is 33.1 Å². The number of aryl methyl sites for hydroxylation is 1.